The van der Waals surface area contributed by atoms with Gasteiger partial charge >= 0.3 is 18.7 Å². The van der Waals surface area contributed by atoms with Crippen LogP contribution in [0.4, 0.5) is 5.69 Å². The van der Waals surface area contributed by atoms with Gasteiger partial charge in [-0.15, -0.1) is 17.0 Å². The van der Waals surface area contributed by atoms with E-state index in [0.29, 0.717) is 5.56 Å². The molecule has 0 saturated carbocycles. The smallest absolute Gasteiger partial charge is 0.324 e. The van der Waals surface area contributed by atoms with E-state index in [2.05, 4.69) is 15.3 Å². The number of benzene rings is 1. The molecule has 1 aromatic carbocycles. The maximum atomic E-state index is 11.5. The molecule has 13 heteroatoms. The van der Waals surface area contributed by atoms with Crippen molar-refractivity contribution in [2.75, 3.05) is 6.16 Å². The second-order valence-corrected chi connectivity index (χ2v) is 7.02. The highest BCUT2D eigenvalue weighted by Crippen LogP contribution is 2.34. The minimum absolute atomic E-state index is 0. The van der Waals surface area contributed by atoms with E-state index < -0.39 is 35.8 Å². The van der Waals surface area contributed by atoms with Gasteiger partial charge in [-0.25, -0.2) is 0 Å². The number of hydrogen-bond donors (Lipinski definition) is 5. The van der Waals surface area contributed by atoms with Gasteiger partial charge in [-0.2, -0.15) is 0 Å². The van der Waals surface area contributed by atoms with Gasteiger partial charge in [0.15, 0.2) is 0 Å². The van der Waals surface area contributed by atoms with Crippen molar-refractivity contribution in [3.63, 3.8) is 0 Å². The molecular formula is C12H16BrN4O7P. The molecule has 138 valence electrons. The minimum atomic E-state index is -4.21. The number of nitrogens with zero attached hydrogens (tertiary/aromatic N) is 1. The number of aromatic nitrogens is 2. The number of halogens is 1. The summed E-state index contributed by atoms with van der Waals surface area (Å²) in [5.74, 6) is 0. The molecule has 0 aliphatic rings. The van der Waals surface area contributed by atoms with Gasteiger partial charge in [0, 0.05) is 24.7 Å². The monoisotopic (exact) mass is 438 g/mol. The van der Waals surface area contributed by atoms with Crippen LogP contribution in [0.3, 0.4) is 0 Å². The molecule has 1 aromatic heterocycles. The summed E-state index contributed by atoms with van der Waals surface area (Å²) >= 11 is 0. The quantitative estimate of drug-likeness (QED) is 0.185. The summed E-state index contributed by atoms with van der Waals surface area (Å²) in [6.07, 6.45) is -0.410. The van der Waals surface area contributed by atoms with Gasteiger partial charge < -0.3 is 25.1 Å². The van der Waals surface area contributed by atoms with Crippen LogP contribution in [0.2, 0.25) is 0 Å². The Bertz CT molecular complexity index is 951. The molecule has 1 heterocycles. The summed E-state index contributed by atoms with van der Waals surface area (Å²) in [4.78, 5) is 55.7. The van der Waals surface area contributed by atoms with Crippen LogP contribution in [-0.4, -0.2) is 36.9 Å². The summed E-state index contributed by atoms with van der Waals surface area (Å²) < 4.78 is 11.0. The van der Waals surface area contributed by atoms with Crippen molar-refractivity contribution in [3.8, 4) is 0 Å². The van der Waals surface area contributed by atoms with Crippen molar-refractivity contribution in [1.82, 2.24) is 15.3 Å². The minimum Gasteiger partial charge on any atom is -0.324 e. The van der Waals surface area contributed by atoms with Crippen molar-refractivity contribution in [2.45, 2.75) is 19.5 Å². The van der Waals surface area contributed by atoms with E-state index in [-0.39, 0.29) is 40.2 Å². The van der Waals surface area contributed by atoms with Gasteiger partial charge in [0.1, 0.15) is 0 Å². The van der Waals surface area contributed by atoms with Gasteiger partial charge in [0.05, 0.1) is 22.1 Å². The van der Waals surface area contributed by atoms with Crippen LogP contribution < -0.4 is 16.4 Å². The van der Waals surface area contributed by atoms with Gasteiger partial charge in [0.2, 0.25) is 0 Å². The van der Waals surface area contributed by atoms with E-state index in [1.165, 1.54) is 6.07 Å². The molecule has 0 bridgehead atoms. The van der Waals surface area contributed by atoms with E-state index in [1.807, 2.05) is 0 Å². The van der Waals surface area contributed by atoms with Crippen LogP contribution in [0.5, 0.6) is 0 Å². The molecule has 0 aliphatic carbocycles. The Labute approximate surface area is 150 Å². The number of hydrogen-bond acceptors (Lipinski definition) is 6. The van der Waals surface area contributed by atoms with E-state index in [1.54, 1.807) is 6.92 Å². The zero-order valence-electron chi connectivity index (χ0n) is 12.9. The first-order chi connectivity index (χ1) is 11.1. The Balaban J connectivity index is 0.00000312. The summed E-state index contributed by atoms with van der Waals surface area (Å²) in [7, 11) is -4.21. The average molecular weight is 439 g/mol. The Morgan fingerprint density at radius 2 is 1.88 bits per heavy atom. The van der Waals surface area contributed by atoms with Crippen LogP contribution in [0.25, 0.3) is 11.0 Å². The second-order valence-electron chi connectivity index (χ2n) is 5.32. The molecule has 1 unspecified atom stereocenters. The first kappa shape index (κ1) is 21.2. The SMILES string of the molecule is Br.CC(CP(=O)(O)O)NCc1cc([N+](=O)[O-])cc2[nH]c(=O)c(=O)[nH]c12. The van der Waals surface area contributed by atoms with Gasteiger partial charge in [-0.05, 0) is 12.5 Å². The molecule has 0 amide bonds. The van der Waals surface area contributed by atoms with Crippen LogP contribution in [0, 0.1) is 10.1 Å². The highest BCUT2D eigenvalue weighted by molar-refractivity contribution is 8.93. The average Bonchev–Trinajstić information content (AvgIpc) is 2.44. The first-order valence-corrected chi connectivity index (χ1v) is 8.58. The summed E-state index contributed by atoms with van der Waals surface area (Å²) in [6.45, 7) is 1.55. The molecule has 0 radical (unpaired) electrons. The highest BCUT2D eigenvalue weighted by atomic mass is 79.9. The molecular weight excluding hydrogens is 423 g/mol. The fourth-order valence-corrected chi connectivity index (χ4v) is 3.07. The van der Waals surface area contributed by atoms with Crippen molar-refractivity contribution in [1.29, 1.82) is 0 Å². The maximum absolute atomic E-state index is 11.5. The summed E-state index contributed by atoms with van der Waals surface area (Å²) in [6, 6.07) is 1.76. The Hall–Kier alpha value is -1.85. The van der Waals surface area contributed by atoms with Gasteiger partial charge in [0.25, 0.3) is 5.69 Å². The third-order valence-electron chi connectivity index (χ3n) is 3.26. The number of nitro benzene ring substituents is 1. The van der Waals surface area contributed by atoms with Crippen LogP contribution >= 0.6 is 24.6 Å². The number of fused-ring (bicyclic) bond motifs is 1. The third kappa shape index (κ3) is 5.58. The lowest BCUT2D eigenvalue weighted by atomic mass is 10.1. The highest BCUT2D eigenvalue weighted by Gasteiger charge is 2.19. The molecule has 1 atom stereocenters. The van der Waals surface area contributed by atoms with Crippen molar-refractivity contribution >= 4 is 41.3 Å². The van der Waals surface area contributed by atoms with Crippen LogP contribution in [0.15, 0.2) is 21.7 Å². The largest absolute Gasteiger partial charge is 0.327 e. The number of nitrogens with one attached hydrogen (secondary N) is 3. The molecule has 0 saturated heterocycles. The molecule has 2 rings (SSSR count). The molecule has 0 spiro atoms. The lowest BCUT2D eigenvalue weighted by Crippen LogP contribution is -2.31. The van der Waals surface area contributed by atoms with Crippen LogP contribution in [0.1, 0.15) is 12.5 Å². The number of aromatic amines is 2. The Morgan fingerprint density at radius 1 is 1.28 bits per heavy atom. The van der Waals surface area contributed by atoms with Crippen molar-refractivity contribution in [2.24, 2.45) is 0 Å². The number of H-pyrrole nitrogens is 2. The molecule has 0 aliphatic heterocycles. The molecule has 0 fully saturated rings. The normalized spacial score (nSPS) is 12.6. The van der Waals surface area contributed by atoms with E-state index >= 15 is 0 Å². The molecule has 2 aromatic rings. The zero-order chi connectivity index (χ0) is 18.1. The van der Waals surface area contributed by atoms with E-state index in [4.69, 9.17) is 9.79 Å². The molecule has 5 N–H and O–H groups in total. The molecule has 11 nitrogen and oxygen atoms in total. The fraction of sp³-hybridized carbons (Fsp3) is 0.333. The van der Waals surface area contributed by atoms with E-state index in [0.717, 1.165) is 6.07 Å². The second kappa shape index (κ2) is 8.02. The lowest BCUT2D eigenvalue weighted by molar-refractivity contribution is -0.384. The van der Waals surface area contributed by atoms with E-state index in [9.17, 15) is 24.3 Å². The summed E-state index contributed by atoms with van der Waals surface area (Å²) in [5, 5.41) is 13.8. The van der Waals surface area contributed by atoms with Crippen molar-refractivity contribution < 1.29 is 19.3 Å². The number of rotatable bonds is 6. The first-order valence-electron chi connectivity index (χ1n) is 6.78. The number of non-ortho nitro benzene ring substituents is 1. The zero-order valence-corrected chi connectivity index (χ0v) is 15.5. The molecule has 25 heavy (non-hydrogen) atoms. The fourth-order valence-electron chi connectivity index (χ4n) is 2.23. The standard InChI is InChI=1S/C12H15N4O7P.BrH/c1-6(5-24(21,22)23)13-4-7-2-8(16(19)20)3-9-10(7)15-12(18)11(17)14-9;/h2-3,6,13H,4-5H2,1H3,(H,14,17)(H,15,18)(H2,21,22,23);1H. The summed E-state index contributed by atoms with van der Waals surface area (Å²) in [5.41, 5.74) is -1.51. The number of nitro groups is 1. The van der Waals surface area contributed by atoms with Crippen molar-refractivity contribution in [3.05, 3.63) is 48.5 Å². The van der Waals surface area contributed by atoms with Crippen LogP contribution in [-0.2, 0) is 11.1 Å². The predicted octanol–water partition coefficient (Wildman–Crippen LogP) is 0.358. The maximum Gasteiger partial charge on any atom is 0.327 e. The van der Waals surface area contributed by atoms with Gasteiger partial charge in [-0.3, -0.25) is 24.3 Å². The Morgan fingerprint density at radius 3 is 2.44 bits per heavy atom. The third-order valence-corrected chi connectivity index (χ3v) is 4.28. The topological polar surface area (TPSA) is 178 Å². The van der Waals surface area contributed by atoms with Gasteiger partial charge in [-0.1, -0.05) is 0 Å². The lowest BCUT2D eigenvalue weighted by Gasteiger charge is -2.15. The predicted molar refractivity (Wildman–Crippen MR) is 95.4 cm³/mol. The Kier molecular flexibility index (Phi) is 6.80.